The fourth-order valence-electron chi connectivity index (χ4n) is 3.73. The second-order valence-electron chi connectivity index (χ2n) is 5.57. The van der Waals surface area contributed by atoms with E-state index in [0.29, 0.717) is 18.5 Å². The van der Waals surface area contributed by atoms with Crippen LogP contribution in [0.25, 0.3) is 0 Å². The van der Waals surface area contributed by atoms with Crippen molar-refractivity contribution in [2.45, 2.75) is 56.3 Å². The van der Waals surface area contributed by atoms with Crippen LogP contribution in [0.15, 0.2) is 0 Å². The second-order valence-corrected chi connectivity index (χ2v) is 5.57. The van der Waals surface area contributed by atoms with E-state index < -0.39 is 0 Å². The molecular formula is C12H19N3O2. The summed E-state index contributed by atoms with van der Waals surface area (Å²) >= 11 is 0. The van der Waals surface area contributed by atoms with Gasteiger partial charge in [0.15, 0.2) is 0 Å². The highest BCUT2D eigenvalue weighted by atomic mass is 16.2. The molecule has 0 spiro atoms. The molecular weight excluding hydrogens is 218 g/mol. The van der Waals surface area contributed by atoms with Gasteiger partial charge in [-0.3, -0.25) is 19.4 Å². The summed E-state index contributed by atoms with van der Waals surface area (Å²) in [5.41, 5.74) is 6.02. The SMILES string of the molecule is CN1C(=O)CC(N2C3CCC2CC(N)C3)C1=O. The third kappa shape index (κ3) is 1.60. The van der Waals surface area contributed by atoms with Gasteiger partial charge in [0.05, 0.1) is 12.5 Å². The lowest BCUT2D eigenvalue weighted by atomic mass is 9.95. The fraction of sp³-hybridized carbons (Fsp3) is 0.833. The number of rotatable bonds is 1. The van der Waals surface area contributed by atoms with Gasteiger partial charge >= 0.3 is 0 Å². The molecule has 5 heteroatoms. The Labute approximate surface area is 101 Å². The van der Waals surface area contributed by atoms with Crippen molar-refractivity contribution >= 4 is 11.8 Å². The van der Waals surface area contributed by atoms with E-state index in [9.17, 15) is 9.59 Å². The number of carbonyl (C=O) groups excluding carboxylic acids is 2. The summed E-state index contributed by atoms with van der Waals surface area (Å²) in [7, 11) is 1.59. The molecule has 3 aliphatic heterocycles. The van der Waals surface area contributed by atoms with Crippen LogP contribution in [-0.4, -0.2) is 52.8 Å². The van der Waals surface area contributed by atoms with E-state index in [1.807, 2.05) is 0 Å². The number of hydrogen-bond donors (Lipinski definition) is 1. The molecule has 0 aliphatic carbocycles. The van der Waals surface area contributed by atoms with Crippen molar-refractivity contribution in [2.24, 2.45) is 5.73 Å². The number of imide groups is 1. The number of amides is 2. The zero-order valence-corrected chi connectivity index (χ0v) is 10.1. The van der Waals surface area contributed by atoms with Crippen molar-refractivity contribution in [2.75, 3.05) is 7.05 Å². The Morgan fingerprint density at radius 2 is 1.76 bits per heavy atom. The average molecular weight is 237 g/mol. The maximum absolute atomic E-state index is 12.0. The fourth-order valence-corrected chi connectivity index (χ4v) is 3.73. The highest BCUT2D eigenvalue weighted by Crippen LogP contribution is 2.38. The van der Waals surface area contributed by atoms with Crippen LogP contribution in [0.4, 0.5) is 0 Å². The van der Waals surface area contributed by atoms with Crippen molar-refractivity contribution in [1.29, 1.82) is 0 Å². The van der Waals surface area contributed by atoms with Crippen molar-refractivity contribution in [3.05, 3.63) is 0 Å². The third-order valence-electron chi connectivity index (χ3n) is 4.54. The highest BCUT2D eigenvalue weighted by Gasteiger charge is 2.49. The van der Waals surface area contributed by atoms with Crippen LogP contribution in [-0.2, 0) is 9.59 Å². The van der Waals surface area contributed by atoms with E-state index in [0.717, 1.165) is 25.7 Å². The first-order chi connectivity index (χ1) is 8.08. The quantitative estimate of drug-likeness (QED) is 0.636. The minimum atomic E-state index is -0.211. The largest absolute Gasteiger partial charge is 0.328 e. The Morgan fingerprint density at radius 1 is 1.18 bits per heavy atom. The zero-order valence-electron chi connectivity index (χ0n) is 10.1. The van der Waals surface area contributed by atoms with Crippen molar-refractivity contribution in [1.82, 2.24) is 9.80 Å². The molecule has 2 bridgehead atoms. The summed E-state index contributed by atoms with van der Waals surface area (Å²) in [6.45, 7) is 0. The molecule has 0 radical (unpaired) electrons. The first kappa shape index (κ1) is 11.2. The summed E-state index contributed by atoms with van der Waals surface area (Å²) in [4.78, 5) is 27.2. The monoisotopic (exact) mass is 237 g/mol. The molecule has 0 saturated carbocycles. The van der Waals surface area contributed by atoms with Gasteiger partial charge in [-0.15, -0.1) is 0 Å². The van der Waals surface area contributed by atoms with Crippen LogP contribution < -0.4 is 5.73 Å². The molecule has 0 aromatic heterocycles. The predicted octanol–water partition coefficient (Wildman–Crippen LogP) is -0.302. The molecule has 5 nitrogen and oxygen atoms in total. The average Bonchev–Trinajstić information content (AvgIpc) is 2.68. The maximum Gasteiger partial charge on any atom is 0.246 e. The second kappa shape index (κ2) is 3.78. The van der Waals surface area contributed by atoms with Gasteiger partial charge in [0.2, 0.25) is 11.8 Å². The Bertz CT molecular complexity index is 357. The summed E-state index contributed by atoms with van der Waals surface area (Å²) in [6.07, 6.45) is 4.55. The van der Waals surface area contributed by atoms with Crippen molar-refractivity contribution < 1.29 is 9.59 Å². The molecule has 3 atom stereocenters. The minimum Gasteiger partial charge on any atom is -0.328 e. The Hall–Kier alpha value is -0.940. The van der Waals surface area contributed by atoms with Gasteiger partial charge < -0.3 is 5.73 Å². The smallest absolute Gasteiger partial charge is 0.246 e. The normalized spacial score (nSPS) is 42.6. The maximum atomic E-state index is 12.0. The van der Waals surface area contributed by atoms with Gasteiger partial charge in [0.25, 0.3) is 0 Å². The number of likely N-dealkylation sites (N-methyl/N-ethyl adjacent to an activating group) is 1. The van der Waals surface area contributed by atoms with Crippen LogP contribution in [0.3, 0.4) is 0 Å². The molecule has 0 aromatic rings. The Balaban J connectivity index is 1.82. The van der Waals surface area contributed by atoms with Gasteiger partial charge in [-0.25, -0.2) is 0 Å². The number of piperidine rings is 1. The molecule has 3 rings (SSSR count). The summed E-state index contributed by atoms with van der Waals surface area (Å²) in [5, 5.41) is 0. The number of likely N-dealkylation sites (tertiary alicyclic amines) is 1. The topological polar surface area (TPSA) is 66.6 Å². The van der Waals surface area contributed by atoms with Gasteiger partial charge in [-0.2, -0.15) is 0 Å². The van der Waals surface area contributed by atoms with Crippen LogP contribution >= 0.6 is 0 Å². The first-order valence-corrected chi connectivity index (χ1v) is 6.41. The van der Waals surface area contributed by atoms with Crippen LogP contribution in [0.1, 0.15) is 32.1 Å². The molecule has 94 valence electrons. The van der Waals surface area contributed by atoms with Gasteiger partial charge in [-0.1, -0.05) is 0 Å². The third-order valence-corrected chi connectivity index (χ3v) is 4.54. The van der Waals surface area contributed by atoms with Crippen molar-refractivity contribution in [3.8, 4) is 0 Å². The van der Waals surface area contributed by atoms with Crippen molar-refractivity contribution in [3.63, 3.8) is 0 Å². The van der Waals surface area contributed by atoms with E-state index >= 15 is 0 Å². The van der Waals surface area contributed by atoms with E-state index in [1.165, 1.54) is 4.90 Å². The summed E-state index contributed by atoms with van der Waals surface area (Å²) in [5.74, 6) is -0.0726. The Morgan fingerprint density at radius 3 is 2.24 bits per heavy atom. The first-order valence-electron chi connectivity index (χ1n) is 6.41. The molecule has 3 aliphatic rings. The van der Waals surface area contributed by atoms with E-state index in [2.05, 4.69) is 4.90 Å². The summed E-state index contributed by atoms with van der Waals surface area (Å²) in [6, 6.07) is 0.889. The van der Waals surface area contributed by atoms with Crippen LogP contribution in [0.5, 0.6) is 0 Å². The number of carbonyl (C=O) groups is 2. The molecule has 3 saturated heterocycles. The van der Waals surface area contributed by atoms with Crippen LogP contribution in [0.2, 0.25) is 0 Å². The highest BCUT2D eigenvalue weighted by molar-refractivity contribution is 6.05. The molecule has 2 amide bonds. The van der Waals surface area contributed by atoms with Gasteiger partial charge in [-0.05, 0) is 25.7 Å². The lowest BCUT2D eigenvalue weighted by molar-refractivity contribution is -0.138. The van der Waals surface area contributed by atoms with E-state index in [4.69, 9.17) is 5.73 Å². The molecule has 0 aromatic carbocycles. The van der Waals surface area contributed by atoms with E-state index in [1.54, 1.807) is 7.05 Å². The predicted molar refractivity (Wildman–Crippen MR) is 62.0 cm³/mol. The van der Waals surface area contributed by atoms with Gasteiger partial charge in [0.1, 0.15) is 0 Å². The lowest BCUT2D eigenvalue weighted by Crippen LogP contribution is -2.54. The minimum absolute atomic E-state index is 0.0256. The Kier molecular flexibility index (Phi) is 2.48. The lowest BCUT2D eigenvalue weighted by Gasteiger charge is -2.40. The molecule has 2 N–H and O–H groups in total. The standard InChI is InChI=1S/C12H19N3O2/c1-14-11(16)6-10(12(14)17)15-8-2-3-9(15)5-7(13)4-8/h7-10H,2-6,13H2,1H3. The zero-order chi connectivity index (χ0) is 12.2. The number of nitrogens with two attached hydrogens (primary N) is 1. The molecule has 17 heavy (non-hydrogen) atoms. The number of fused-ring (bicyclic) bond motifs is 2. The molecule has 3 unspecified atom stereocenters. The molecule has 3 fully saturated rings. The van der Waals surface area contributed by atoms with Gasteiger partial charge in [0, 0.05) is 25.2 Å². The molecule has 3 heterocycles. The summed E-state index contributed by atoms with van der Waals surface area (Å²) < 4.78 is 0. The number of hydrogen-bond acceptors (Lipinski definition) is 4. The number of nitrogens with zero attached hydrogens (tertiary/aromatic N) is 2. The van der Waals surface area contributed by atoms with E-state index in [-0.39, 0.29) is 23.9 Å². The van der Waals surface area contributed by atoms with Crippen LogP contribution in [0, 0.1) is 0 Å².